The molecule has 0 fully saturated rings. The maximum absolute atomic E-state index is 12.6. The Kier molecular flexibility index (Phi) is 7.22. The summed E-state index contributed by atoms with van der Waals surface area (Å²) in [5.74, 6) is 1.07. The molecule has 0 saturated heterocycles. The van der Waals surface area contributed by atoms with Gasteiger partial charge in [-0.1, -0.05) is 42.5 Å². The van der Waals surface area contributed by atoms with Crippen LogP contribution in [0.3, 0.4) is 0 Å². The summed E-state index contributed by atoms with van der Waals surface area (Å²) in [5.41, 5.74) is 2.52. The van der Waals surface area contributed by atoms with E-state index in [0.29, 0.717) is 17.9 Å². The number of rotatable bonds is 9. The van der Waals surface area contributed by atoms with E-state index in [4.69, 9.17) is 9.47 Å². The number of ether oxygens (including phenoxy) is 2. The van der Waals surface area contributed by atoms with Crippen LogP contribution in [-0.4, -0.2) is 24.9 Å². The first-order chi connectivity index (χ1) is 14.6. The van der Waals surface area contributed by atoms with E-state index < -0.39 is 0 Å². The van der Waals surface area contributed by atoms with Crippen LogP contribution in [-0.2, 0) is 4.79 Å². The molecule has 1 amide bonds. The first-order valence-corrected chi connectivity index (χ1v) is 9.87. The van der Waals surface area contributed by atoms with Crippen LogP contribution in [0.25, 0.3) is 0 Å². The zero-order valence-corrected chi connectivity index (χ0v) is 17.1. The van der Waals surface area contributed by atoms with Gasteiger partial charge in [0.2, 0.25) is 0 Å². The van der Waals surface area contributed by atoms with E-state index in [9.17, 15) is 9.59 Å². The van der Waals surface area contributed by atoms with Gasteiger partial charge in [-0.2, -0.15) is 0 Å². The van der Waals surface area contributed by atoms with Crippen molar-refractivity contribution in [3.63, 3.8) is 0 Å². The van der Waals surface area contributed by atoms with E-state index in [1.807, 2.05) is 61.5 Å². The lowest BCUT2D eigenvalue weighted by atomic mass is 9.98. The van der Waals surface area contributed by atoms with Crippen LogP contribution in [0.5, 0.6) is 11.5 Å². The van der Waals surface area contributed by atoms with Gasteiger partial charge in [0.1, 0.15) is 11.5 Å². The minimum absolute atomic E-state index is 0.0136. The third kappa shape index (κ3) is 5.70. The van der Waals surface area contributed by atoms with Gasteiger partial charge < -0.3 is 14.8 Å². The number of nitrogens with one attached hydrogen (secondary N) is 1. The van der Waals surface area contributed by atoms with Crippen molar-refractivity contribution in [3.05, 3.63) is 95.6 Å². The Morgan fingerprint density at radius 2 is 1.37 bits per heavy atom. The predicted octanol–water partition coefficient (Wildman–Crippen LogP) is 4.57. The summed E-state index contributed by atoms with van der Waals surface area (Å²) in [5, 5.41) is 3.04. The number of carbonyl (C=O) groups excluding carboxylic acids is 2. The Balaban J connectivity index is 1.69. The van der Waals surface area contributed by atoms with Gasteiger partial charge in [-0.15, -0.1) is 0 Å². The zero-order valence-electron chi connectivity index (χ0n) is 17.1. The highest BCUT2D eigenvalue weighted by Crippen LogP contribution is 2.24. The Morgan fingerprint density at radius 3 is 1.97 bits per heavy atom. The molecule has 0 radical (unpaired) electrons. The van der Waals surface area contributed by atoms with Gasteiger partial charge in [0, 0.05) is 5.56 Å². The maximum atomic E-state index is 12.6. The lowest BCUT2D eigenvalue weighted by molar-refractivity contribution is -0.123. The number of Topliss-reactive ketones (excluding diaryl/α,β-unsaturated/α-hetero) is 1. The molecule has 1 atom stereocenters. The summed E-state index contributed by atoms with van der Waals surface area (Å²) in [6.07, 6.45) is 0. The van der Waals surface area contributed by atoms with Gasteiger partial charge in [0.25, 0.3) is 5.91 Å². The van der Waals surface area contributed by atoms with Crippen molar-refractivity contribution in [1.82, 2.24) is 5.32 Å². The first kappa shape index (κ1) is 21.1. The van der Waals surface area contributed by atoms with Gasteiger partial charge >= 0.3 is 0 Å². The quantitative estimate of drug-likeness (QED) is 0.532. The Labute approximate surface area is 176 Å². The lowest BCUT2D eigenvalue weighted by Gasteiger charge is -2.20. The topological polar surface area (TPSA) is 64.6 Å². The third-order valence-corrected chi connectivity index (χ3v) is 4.59. The van der Waals surface area contributed by atoms with Crippen LogP contribution in [0.1, 0.15) is 41.4 Å². The van der Waals surface area contributed by atoms with Crippen LogP contribution >= 0.6 is 0 Å². The predicted molar refractivity (Wildman–Crippen MR) is 116 cm³/mol. The highest BCUT2D eigenvalue weighted by atomic mass is 16.5. The number of amides is 1. The van der Waals surface area contributed by atoms with E-state index >= 15 is 0 Å². The molecule has 1 unspecified atom stereocenters. The van der Waals surface area contributed by atoms with E-state index in [2.05, 4.69) is 5.32 Å². The molecule has 0 bridgehead atoms. The Bertz CT molecular complexity index is 966. The maximum Gasteiger partial charge on any atom is 0.258 e. The molecule has 30 heavy (non-hydrogen) atoms. The van der Waals surface area contributed by atoms with Crippen molar-refractivity contribution in [2.45, 2.75) is 19.9 Å². The van der Waals surface area contributed by atoms with Crippen molar-refractivity contribution in [2.24, 2.45) is 0 Å². The van der Waals surface area contributed by atoms with Crippen LogP contribution in [0.4, 0.5) is 0 Å². The molecule has 0 heterocycles. The number of hydrogen-bond donors (Lipinski definition) is 1. The van der Waals surface area contributed by atoms with Crippen LogP contribution < -0.4 is 14.8 Å². The SMILES string of the molecule is CCOc1ccc(C(NC(=O)COc2ccc(C(C)=O)cc2)c2ccccc2)cc1. The second-order valence-electron chi connectivity index (χ2n) is 6.78. The first-order valence-electron chi connectivity index (χ1n) is 9.87. The lowest BCUT2D eigenvalue weighted by Crippen LogP contribution is -2.33. The Morgan fingerprint density at radius 1 is 0.800 bits per heavy atom. The fraction of sp³-hybridized carbons (Fsp3) is 0.200. The van der Waals surface area contributed by atoms with Crippen LogP contribution in [0.15, 0.2) is 78.9 Å². The molecule has 0 aliphatic rings. The van der Waals surface area contributed by atoms with E-state index in [1.54, 1.807) is 24.3 Å². The molecule has 5 heteroatoms. The highest BCUT2D eigenvalue weighted by molar-refractivity contribution is 5.94. The molecule has 3 aromatic rings. The van der Waals surface area contributed by atoms with E-state index in [-0.39, 0.29) is 24.3 Å². The smallest absolute Gasteiger partial charge is 0.258 e. The Hall–Kier alpha value is -3.60. The average Bonchev–Trinajstić information content (AvgIpc) is 2.78. The van der Waals surface area contributed by atoms with Crippen LogP contribution in [0, 0.1) is 0 Å². The second-order valence-corrected chi connectivity index (χ2v) is 6.78. The summed E-state index contributed by atoms with van der Waals surface area (Å²) in [6.45, 7) is 3.92. The molecule has 5 nitrogen and oxygen atoms in total. The zero-order chi connectivity index (χ0) is 21.3. The van der Waals surface area contributed by atoms with E-state index in [1.165, 1.54) is 6.92 Å². The number of carbonyl (C=O) groups is 2. The van der Waals surface area contributed by atoms with Gasteiger partial charge in [0.15, 0.2) is 12.4 Å². The third-order valence-electron chi connectivity index (χ3n) is 4.59. The summed E-state index contributed by atoms with van der Waals surface area (Å²) < 4.78 is 11.1. The molecular formula is C25H25NO4. The summed E-state index contributed by atoms with van der Waals surface area (Å²) >= 11 is 0. The summed E-state index contributed by atoms with van der Waals surface area (Å²) in [6, 6.07) is 23.9. The molecule has 0 aliphatic carbocycles. The summed E-state index contributed by atoms with van der Waals surface area (Å²) in [4.78, 5) is 24.0. The molecule has 0 saturated carbocycles. The minimum Gasteiger partial charge on any atom is -0.494 e. The van der Waals surface area contributed by atoms with Gasteiger partial charge in [-0.05, 0) is 61.4 Å². The van der Waals surface area contributed by atoms with Crippen molar-refractivity contribution in [2.75, 3.05) is 13.2 Å². The van der Waals surface area contributed by atoms with Gasteiger partial charge in [0.05, 0.1) is 12.6 Å². The average molecular weight is 403 g/mol. The molecule has 3 aromatic carbocycles. The molecule has 1 N–H and O–H groups in total. The fourth-order valence-corrected chi connectivity index (χ4v) is 3.07. The monoisotopic (exact) mass is 403 g/mol. The standard InChI is InChI=1S/C25H25NO4/c1-3-29-22-15-11-21(12-16-22)25(20-7-5-4-6-8-20)26-24(28)17-30-23-13-9-19(10-14-23)18(2)27/h4-16,25H,3,17H2,1-2H3,(H,26,28). The molecule has 0 aromatic heterocycles. The van der Waals surface area contributed by atoms with Gasteiger partial charge in [-0.25, -0.2) is 0 Å². The van der Waals surface area contributed by atoms with Crippen molar-refractivity contribution >= 4 is 11.7 Å². The molecular weight excluding hydrogens is 378 g/mol. The second kappa shape index (κ2) is 10.3. The number of ketones is 1. The fourth-order valence-electron chi connectivity index (χ4n) is 3.07. The highest BCUT2D eigenvalue weighted by Gasteiger charge is 2.17. The minimum atomic E-state index is -0.307. The molecule has 0 spiro atoms. The number of benzene rings is 3. The molecule has 0 aliphatic heterocycles. The van der Waals surface area contributed by atoms with Crippen molar-refractivity contribution in [3.8, 4) is 11.5 Å². The largest absolute Gasteiger partial charge is 0.494 e. The number of hydrogen-bond acceptors (Lipinski definition) is 4. The van der Waals surface area contributed by atoms with E-state index in [0.717, 1.165) is 16.9 Å². The normalized spacial score (nSPS) is 11.4. The van der Waals surface area contributed by atoms with Crippen molar-refractivity contribution < 1.29 is 19.1 Å². The molecule has 3 rings (SSSR count). The van der Waals surface area contributed by atoms with Gasteiger partial charge in [-0.3, -0.25) is 9.59 Å². The molecule has 154 valence electrons. The van der Waals surface area contributed by atoms with Crippen molar-refractivity contribution in [1.29, 1.82) is 0 Å². The van der Waals surface area contributed by atoms with Crippen LogP contribution in [0.2, 0.25) is 0 Å². The summed E-state index contributed by atoms with van der Waals surface area (Å²) in [7, 11) is 0.